The smallest absolute Gasteiger partial charge is 0.405 e. The van der Waals surface area contributed by atoms with Gasteiger partial charge in [0.15, 0.2) is 24.2 Å². The van der Waals surface area contributed by atoms with Crippen LogP contribution in [-0.4, -0.2) is 127 Å². The summed E-state index contributed by atoms with van der Waals surface area (Å²) in [6.45, 7) is -2.14. The summed E-state index contributed by atoms with van der Waals surface area (Å²) < 4.78 is 12.1. The van der Waals surface area contributed by atoms with Crippen LogP contribution in [0.3, 0.4) is 0 Å². The zero-order chi connectivity index (χ0) is 33.2. The highest BCUT2D eigenvalue weighted by Gasteiger charge is 2.72. The van der Waals surface area contributed by atoms with Crippen molar-refractivity contribution in [3.8, 4) is 11.5 Å². The van der Waals surface area contributed by atoms with Gasteiger partial charge in [0, 0.05) is 11.6 Å². The lowest BCUT2D eigenvalue weighted by molar-refractivity contribution is -0.161. The van der Waals surface area contributed by atoms with Gasteiger partial charge in [-0.25, -0.2) is 4.79 Å². The Morgan fingerprint density at radius 2 is 1.63 bits per heavy atom. The van der Waals surface area contributed by atoms with Gasteiger partial charge in [-0.05, 0) is 50.9 Å². The molecule has 6 N–H and O–H groups in total. The summed E-state index contributed by atoms with van der Waals surface area (Å²) in [7, 11) is 3.59. The van der Waals surface area contributed by atoms with Crippen LogP contribution in [0.15, 0.2) is 17.3 Å². The predicted octanol–water partition coefficient (Wildman–Crippen LogP) is -2.39. The van der Waals surface area contributed by atoms with Gasteiger partial charge in [0.05, 0.1) is 50.0 Å². The van der Waals surface area contributed by atoms with Gasteiger partial charge in [-0.3, -0.25) is 24.0 Å². The molecule has 1 spiro atoms. The second kappa shape index (κ2) is 12.9. The molecule has 248 valence electrons. The number of benzene rings is 1. The number of likely N-dealkylation sites (tertiary alicyclic amines) is 1. The zero-order valence-corrected chi connectivity index (χ0v) is 25.3. The monoisotopic (exact) mass is 644 g/mol. The van der Waals surface area contributed by atoms with Crippen LogP contribution in [0, 0.1) is 0 Å². The van der Waals surface area contributed by atoms with Crippen molar-refractivity contribution in [2.24, 2.45) is 5.16 Å². The highest BCUT2D eigenvalue weighted by molar-refractivity contribution is 6.39. The van der Waals surface area contributed by atoms with E-state index in [-0.39, 0.29) is 6.04 Å². The Hall–Kier alpha value is -4.77. The molecule has 2 aliphatic heterocycles. The van der Waals surface area contributed by atoms with Crippen LogP contribution in [0.2, 0.25) is 0 Å². The van der Waals surface area contributed by atoms with Gasteiger partial charge in [0.1, 0.15) is 0 Å². The number of Topliss-reactive ketones (excluding diaryl/α,β-unsaturated/α-hetero) is 2. The van der Waals surface area contributed by atoms with E-state index < -0.39 is 85.3 Å². The largest absolute Gasteiger partial charge is 0.493 e. The molecule has 17 nitrogen and oxygen atoms in total. The van der Waals surface area contributed by atoms with E-state index in [1.807, 2.05) is 19.2 Å². The quantitative estimate of drug-likeness (QED) is 0.0975. The standard InChI is InChI=1S/C29H36N6O11/c1-35-8-7-28-24-15-3-4-19(44-2)25(24)46-26(28)16(5-6-29(28,43)20(35)9-15)34-45-14-23(40)32-13-22(39)31-12-21(38)30-10-17(36)18(37)11-33-27(41)42/h3-4,20,26,33,43H,5-14H2,1-2H3,(H,30,38)(H,31,39)(H,32,40)(H,41,42)/b34-16+/t20?,26-,28-,29+/m0/s1. The molecular formula is C29H36N6O11. The zero-order valence-electron chi connectivity index (χ0n) is 25.3. The molecule has 2 aliphatic carbocycles. The molecule has 46 heavy (non-hydrogen) atoms. The topological polar surface area (TPSA) is 234 Å². The lowest BCUT2D eigenvalue weighted by Gasteiger charge is -2.62. The van der Waals surface area contributed by atoms with E-state index >= 15 is 0 Å². The third-order valence-electron chi connectivity index (χ3n) is 9.18. The number of rotatable bonds is 13. The minimum absolute atomic E-state index is 0.0932. The van der Waals surface area contributed by atoms with Gasteiger partial charge < -0.3 is 50.7 Å². The van der Waals surface area contributed by atoms with Crippen molar-refractivity contribution < 1.29 is 53.3 Å². The Labute approximate surface area is 263 Å². The lowest BCUT2D eigenvalue weighted by Crippen LogP contribution is -2.76. The van der Waals surface area contributed by atoms with Gasteiger partial charge >= 0.3 is 6.09 Å². The molecule has 0 aromatic heterocycles. The van der Waals surface area contributed by atoms with Crippen molar-refractivity contribution in [3.05, 3.63) is 23.3 Å². The number of piperidine rings is 1. The molecule has 4 aliphatic rings. The summed E-state index contributed by atoms with van der Waals surface area (Å²) in [4.78, 5) is 77.3. The van der Waals surface area contributed by atoms with Crippen LogP contribution in [-0.2, 0) is 40.6 Å². The molecular weight excluding hydrogens is 608 g/mol. The third kappa shape index (κ3) is 5.82. The number of carbonyl (C=O) groups is 6. The molecule has 1 aromatic carbocycles. The Kier molecular flexibility index (Phi) is 9.16. The molecule has 2 heterocycles. The summed E-state index contributed by atoms with van der Waals surface area (Å²) in [6.07, 6.45) is 0.0717. The van der Waals surface area contributed by atoms with Crippen LogP contribution in [0.5, 0.6) is 11.5 Å². The maximum Gasteiger partial charge on any atom is 0.405 e. The number of hydrogen-bond acceptors (Lipinski definition) is 12. The molecule has 2 bridgehead atoms. The van der Waals surface area contributed by atoms with E-state index in [0.29, 0.717) is 42.9 Å². The van der Waals surface area contributed by atoms with E-state index in [2.05, 4.69) is 26.0 Å². The number of aliphatic hydroxyl groups is 1. The second-order valence-corrected chi connectivity index (χ2v) is 11.7. The highest BCUT2D eigenvalue weighted by Crippen LogP contribution is 2.64. The van der Waals surface area contributed by atoms with E-state index in [1.54, 1.807) is 12.4 Å². The lowest BCUT2D eigenvalue weighted by atomic mass is 9.49. The Morgan fingerprint density at radius 1 is 0.978 bits per heavy atom. The summed E-state index contributed by atoms with van der Waals surface area (Å²) in [6, 6.07) is 3.81. The average Bonchev–Trinajstić information content (AvgIpc) is 3.39. The summed E-state index contributed by atoms with van der Waals surface area (Å²) in [5, 5.41) is 33.4. The van der Waals surface area contributed by atoms with Crippen molar-refractivity contribution in [3.63, 3.8) is 0 Å². The normalized spacial score (nSPS) is 26.2. The number of hydrogen-bond donors (Lipinski definition) is 6. The van der Waals surface area contributed by atoms with Gasteiger partial charge in [-0.15, -0.1) is 0 Å². The van der Waals surface area contributed by atoms with Gasteiger partial charge in [0.25, 0.3) is 5.91 Å². The average molecular weight is 645 g/mol. The number of amides is 4. The number of oxime groups is 1. The number of ether oxygens (including phenoxy) is 2. The summed E-state index contributed by atoms with van der Waals surface area (Å²) in [5.74, 6) is -3.00. The van der Waals surface area contributed by atoms with E-state index in [0.717, 1.165) is 17.7 Å². The van der Waals surface area contributed by atoms with Crippen LogP contribution in [0.4, 0.5) is 4.79 Å². The minimum atomic E-state index is -1.48. The number of likely N-dealkylation sites (N-methyl/N-ethyl adjacent to an activating group) is 1. The molecule has 4 atom stereocenters. The summed E-state index contributed by atoms with van der Waals surface area (Å²) >= 11 is 0. The van der Waals surface area contributed by atoms with Crippen LogP contribution in [0.25, 0.3) is 0 Å². The first kappa shape index (κ1) is 32.6. The Bertz CT molecular complexity index is 1500. The van der Waals surface area contributed by atoms with Crippen molar-refractivity contribution in [2.75, 3.05) is 53.5 Å². The van der Waals surface area contributed by atoms with Gasteiger partial charge in [0.2, 0.25) is 23.4 Å². The van der Waals surface area contributed by atoms with Crippen molar-refractivity contribution in [1.82, 2.24) is 26.2 Å². The fraction of sp³-hybridized carbons (Fsp3) is 0.552. The first-order valence-electron chi connectivity index (χ1n) is 14.7. The van der Waals surface area contributed by atoms with Crippen LogP contribution in [0.1, 0.15) is 30.4 Å². The molecule has 1 unspecified atom stereocenters. The maximum absolute atomic E-state index is 12.3. The number of carbonyl (C=O) groups excluding carboxylic acids is 5. The number of nitrogens with one attached hydrogen (secondary N) is 4. The molecule has 17 heteroatoms. The fourth-order valence-electron chi connectivity index (χ4n) is 7.04. The molecule has 4 amide bonds. The van der Waals surface area contributed by atoms with Crippen molar-refractivity contribution in [1.29, 1.82) is 0 Å². The van der Waals surface area contributed by atoms with E-state index in [1.165, 1.54) is 0 Å². The maximum atomic E-state index is 12.3. The number of methoxy groups -OCH3 is 1. The van der Waals surface area contributed by atoms with Gasteiger partial charge in [-0.1, -0.05) is 11.2 Å². The van der Waals surface area contributed by atoms with Gasteiger partial charge in [-0.2, -0.15) is 0 Å². The highest BCUT2D eigenvalue weighted by atomic mass is 16.6. The number of ketones is 2. The number of nitrogens with zero attached hydrogens (tertiary/aromatic N) is 2. The molecule has 1 saturated heterocycles. The van der Waals surface area contributed by atoms with E-state index in [4.69, 9.17) is 19.4 Å². The van der Waals surface area contributed by atoms with E-state index in [9.17, 15) is 33.9 Å². The SMILES string of the molecule is COc1ccc2c3c1O[C@H]1/C(=N/OCC(=O)NCC(=O)NCC(=O)NCC(=O)C(=O)CNC(=O)O)CC[C@@]4(O)C(C2)N(C)CC[C@]314. The molecule has 1 aromatic rings. The predicted molar refractivity (Wildman–Crippen MR) is 156 cm³/mol. The fourth-order valence-corrected chi connectivity index (χ4v) is 7.04. The van der Waals surface area contributed by atoms with Crippen LogP contribution < -0.4 is 30.7 Å². The number of carboxylic acid groups (broad SMARTS) is 1. The molecule has 0 radical (unpaired) electrons. The minimum Gasteiger partial charge on any atom is -0.493 e. The first-order chi connectivity index (χ1) is 21.9. The summed E-state index contributed by atoms with van der Waals surface area (Å²) in [5.41, 5.74) is 0.832. The first-order valence-corrected chi connectivity index (χ1v) is 14.7. The molecule has 1 saturated carbocycles. The molecule has 5 rings (SSSR count). The van der Waals surface area contributed by atoms with Crippen LogP contribution >= 0.6 is 0 Å². The third-order valence-corrected chi connectivity index (χ3v) is 9.18. The Morgan fingerprint density at radius 3 is 2.30 bits per heavy atom. The molecule has 2 fully saturated rings. The van der Waals surface area contributed by atoms with Crippen molar-refractivity contribution in [2.45, 2.75) is 48.8 Å². The van der Waals surface area contributed by atoms with Crippen molar-refractivity contribution >= 4 is 41.1 Å². The Balaban J connectivity index is 1.11. The second-order valence-electron chi connectivity index (χ2n) is 11.7.